The number of pyridine rings is 1. The number of ether oxygens (including phenoxy) is 1. The maximum absolute atomic E-state index is 5.06. The van der Waals surface area contributed by atoms with Gasteiger partial charge in [0, 0.05) is 38.0 Å². The molecule has 0 spiro atoms. The van der Waals surface area contributed by atoms with Crippen molar-refractivity contribution in [3.63, 3.8) is 0 Å². The predicted octanol–water partition coefficient (Wildman–Crippen LogP) is 1.48. The molecule has 2 rings (SSSR count). The number of hydrogen-bond donors (Lipinski definition) is 1. The van der Waals surface area contributed by atoms with Crippen molar-refractivity contribution in [3.05, 3.63) is 36.2 Å². The van der Waals surface area contributed by atoms with Gasteiger partial charge in [-0.15, -0.1) is 0 Å². The lowest BCUT2D eigenvalue weighted by Crippen LogP contribution is -2.09. The second kappa shape index (κ2) is 5.34. The SMILES string of the molecule is COc1cccc(NCCc2ccnn2C)n1. The first-order valence-corrected chi connectivity index (χ1v) is 5.51. The van der Waals surface area contributed by atoms with Crippen molar-refractivity contribution in [2.24, 2.45) is 7.05 Å². The molecule has 2 heterocycles. The van der Waals surface area contributed by atoms with Gasteiger partial charge < -0.3 is 10.1 Å². The molecule has 5 heteroatoms. The minimum absolute atomic E-state index is 0.621. The van der Waals surface area contributed by atoms with Crippen LogP contribution in [-0.4, -0.2) is 28.4 Å². The Morgan fingerprint density at radius 1 is 1.35 bits per heavy atom. The van der Waals surface area contributed by atoms with Gasteiger partial charge in [0.05, 0.1) is 7.11 Å². The molecule has 17 heavy (non-hydrogen) atoms. The van der Waals surface area contributed by atoms with Crippen molar-refractivity contribution in [1.29, 1.82) is 0 Å². The molecule has 0 fully saturated rings. The molecule has 0 unspecified atom stereocenters. The number of methoxy groups -OCH3 is 1. The maximum Gasteiger partial charge on any atom is 0.214 e. The van der Waals surface area contributed by atoms with Crippen LogP contribution in [0.4, 0.5) is 5.82 Å². The van der Waals surface area contributed by atoms with Crippen molar-refractivity contribution in [1.82, 2.24) is 14.8 Å². The van der Waals surface area contributed by atoms with Crippen LogP contribution in [-0.2, 0) is 13.5 Å². The van der Waals surface area contributed by atoms with Gasteiger partial charge in [-0.05, 0) is 12.1 Å². The topological polar surface area (TPSA) is 52.0 Å². The van der Waals surface area contributed by atoms with E-state index in [2.05, 4.69) is 15.4 Å². The third kappa shape index (κ3) is 2.96. The van der Waals surface area contributed by atoms with Crippen molar-refractivity contribution in [2.45, 2.75) is 6.42 Å². The summed E-state index contributed by atoms with van der Waals surface area (Å²) in [6.45, 7) is 0.819. The molecule has 0 aliphatic carbocycles. The molecule has 0 radical (unpaired) electrons. The molecule has 0 saturated carbocycles. The van der Waals surface area contributed by atoms with Gasteiger partial charge in [0.2, 0.25) is 5.88 Å². The van der Waals surface area contributed by atoms with Crippen LogP contribution in [0.5, 0.6) is 5.88 Å². The van der Waals surface area contributed by atoms with Crippen molar-refractivity contribution in [3.8, 4) is 5.88 Å². The van der Waals surface area contributed by atoms with Crippen LogP contribution < -0.4 is 10.1 Å². The minimum Gasteiger partial charge on any atom is -0.481 e. The Kier molecular flexibility index (Phi) is 3.59. The summed E-state index contributed by atoms with van der Waals surface area (Å²) in [5, 5.41) is 7.38. The Labute approximate surface area is 100 Å². The van der Waals surface area contributed by atoms with E-state index in [0.717, 1.165) is 18.8 Å². The average Bonchev–Trinajstić information content (AvgIpc) is 2.76. The Morgan fingerprint density at radius 2 is 2.24 bits per heavy atom. The zero-order valence-corrected chi connectivity index (χ0v) is 10.1. The lowest BCUT2D eigenvalue weighted by atomic mass is 10.3. The maximum atomic E-state index is 5.06. The van der Waals surface area contributed by atoms with Gasteiger partial charge in [0.1, 0.15) is 5.82 Å². The van der Waals surface area contributed by atoms with Crippen LogP contribution in [0.25, 0.3) is 0 Å². The first-order valence-electron chi connectivity index (χ1n) is 5.51. The molecule has 1 N–H and O–H groups in total. The van der Waals surface area contributed by atoms with Gasteiger partial charge in [0.25, 0.3) is 0 Å². The summed E-state index contributed by atoms with van der Waals surface area (Å²) in [4.78, 5) is 4.28. The summed E-state index contributed by atoms with van der Waals surface area (Å²) in [5.41, 5.74) is 1.19. The number of nitrogens with one attached hydrogen (secondary N) is 1. The monoisotopic (exact) mass is 232 g/mol. The second-order valence-corrected chi connectivity index (χ2v) is 3.69. The lowest BCUT2D eigenvalue weighted by Gasteiger charge is -2.07. The molecule has 0 bridgehead atoms. The molecular formula is C12H16N4O. The number of rotatable bonds is 5. The van der Waals surface area contributed by atoms with E-state index >= 15 is 0 Å². The summed E-state index contributed by atoms with van der Waals surface area (Å²) in [7, 11) is 3.56. The standard InChI is InChI=1S/C12H16N4O/c1-16-10(7-9-14-16)6-8-13-11-4-3-5-12(15-11)17-2/h3-5,7,9H,6,8H2,1-2H3,(H,13,15). The number of anilines is 1. The zero-order chi connectivity index (χ0) is 12.1. The van der Waals surface area contributed by atoms with Gasteiger partial charge in [0.15, 0.2) is 0 Å². The van der Waals surface area contributed by atoms with E-state index in [9.17, 15) is 0 Å². The van der Waals surface area contributed by atoms with Gasteiger partial charge in [-0.25, -0.2) is 0 Å². The second-order valence-electron chi connectivity index (χ2n) is 3.69. The minimum atomic E-state index is 0.621. The van der Waals surface area contributed by atoms with Crippen molar-refractivity contribution in [2.75, 3.05) is 19.0 Å². The van der Waals surface area contributed by atoms with Gasteiger partial charge in [-0.1, -0.05) is 6.07 Å². The van der Waals surface area contributed by atoms with E-state index in [4.69, 9.17) is 4.74 Å². The Morgan fingerprint density at radius 3 is 2.94 bits per heavy atom. The van der Waals surface area contributed by atoms with E-state index < -0.39 is 0 Å². The molecular weight excluding hydrogens is 216 g/mol. The van der Waals surface area contributed by atoms with E-state index in [-0.39, 0.29) is 0 Å². The Balaban J connectivity index is 1.87. The molecule has 0 atom stereocenters. The molecule has 0 aliphatic rings. The predicted molar refractivity (Wildman–Crippen MR) is 66.2 cm³/mol. The molecule has 90 valence electrons. The van der Waals surface area contributed by atoms with E-state index in [1.165, 1.54) is 5.69 Å². The van der Waals surface area contributed by atoms with E-state index in [0.29, 0.717) is 5.88 Å². The molecule has 0 aromatic carbocycles. The summed E-state index contributed by atoms with van der Waals surface area (Å²) in [5.74, 6) is 1.45. The van der Waals surface area contributed by atoms with Gasteiger partial charge >= 0.3 is 0 Å². The zero-order valence-electron chi connectivity index (χ0n) is 10.1. The van der Waals surface area contributed by atoms with Crippen LogP contribution in [0.3, 0.4) is 0 Å². The number of aryl methyl sites for hydroxylation is 1. The van der Waals surface area contributed by atoms with Crippen LogP contribution in [0.15, 0.2) is 30.5 Å². The van der Waals surface area contributed by atoms with Crippen molar-refractivity contribution >= 4 is 5.82 Å². The molecule has 0 aliphatic heterocycles. The largest absolute Gasteiger partial charge is 0.481 e. The van der Waals surface area contributed by atoms with E-state index in [1.54, 1.807) is 13.3 Å². The number of hydrogen-bond acceptors (Lipinski definition) is 4. The van der Waals surface area contributed by atoms with Gasteiger partial charge in [-0.2, -0.15) is 10.1 Å². The van der Waals surface area contributed by atoms with Crippen LogP contribution >= 0.6 is 0 Å². The quantitative estimate of drug-likeness (QED) is 0.848. The molecule has 2 aromatic heterocycles. The highest BCUT2D eigenvalue weighted by molar-refractivity contribution is 5.37. The lowest BCUT2D eigenvalue weighted by molar-refractivity contribution is 0.398. The summed E-state index contributed by atoms with van der Waals surface area (Å²) >= 11 is 0. The van der Waals surface area contributed by atoms with Crippen LogP contribution in [0, 0.1) is 0 Å². The van der Waals surface area contributed by atoms with Crippen molar-refractivity contribution < 1.29 is 4.74 Å². The third-order valence-electron chi connectivity index (χ3n) is 2.54. The number of nitrogens with zero attached hydrogens (tertiary/aromatic N) is 3. The van der Waals surface area contributed by atoms with Crippen LogP contribution in [0.1, 0.15) is 5.69 Å². The fraction of sp³-hybridized carbons (Fsp3) is 0.333. The summed E-state index contributed by atoms with van der Waals surface area (Å²) < 4.78 is 6.94. The smallest absolute Gasteiger partial charge is 0.214 e. The Bertz CT molecular complexity index is 481. The fourth-order valence-corrected chi connectivity index (χ4v) is 1.59. The fourth-order valence-electron chi connectivity index (χ4n) is 1.59. The highest BCUT2D eigenvalue weighted by atomic mass is 16.5. The molecule has 2 aromatic rings. The first kappa shape index (κ1) is 11.4. The third-order valence-corrected chi connectivity index (χ3v) is 2.54. The summed E-state index contributed by atoms with van der Waals surface area (Å²) in [6.07, 6.45) is 2.72. The normalized spacial score (nSPS) is 10.2. The highest BCUT2D eigenvalue weighted by Gasteiger charge is 1.99. The Hall–Kier alpha value is -2.04. The highest BCUT2D eigenvalue weighted by Crippen LogP contribution is 2.10. The first-order chi connectivity index (χ1) is 8.29. The van der Waals surface area contributed by atoms with Gasteiger partial charge in [-0.3, -0.25) is 4.68 Å². The molecule has 5 nitrogen and oxygen atoms in total. The molecule has 0 saturated heterocycles. The van der Waals surface area contributed by atoms with E-state index in [1.807, 2.05) is 36.0 Å². The molecule has 0 amide bonds. The van der Waals surface area contributed by atoms with Crippen LogP contribution in [0.2, 0.25) is 0 Å². The number of aromatic nitrogens is 3. The average molecular weight is 232 g/mol. The summed E-state index contributed by atoms with van der Waals surface area (Å²) in [6, 6.07) is 7.68.